The summed E-state index contributed by atoms with van der Waals surface area (Å²) in [5.74, 6) is -0.479. The van der Waals surface area contributed by atoms with Crippen LogP contribution in [-0.4, -0.2) is 20.3 Å². The van der Waals surface area contributed by atoms with Gasteiger partial charge in [0.15, 0.2) is 9.84 Å². The lowest BCUT2D eigenvalue weighted by Crippen LogP contribution is -2.12. The molecule has 0 atom stereocenters. The molecule has 0 radical (unpaired) electrons. The smallest absolute Gasteiger partial charge is 0.224 e. The molecule has 0 spiro atoms. The van der Waals surface area contributed by atoms with Gasteiger partial charge in [-0.05, 0) is 53.3 Å². The molecule has 0 saturated heterocycles. The molecular formula is C19H46F3IO2S. The van der Waals surface area contributed by atoms with Crippen LogP contribution in [0.5, 0.6) is 0 Å². The van der Waals surface area contributed by atoms with E-state index in [0.717, 1.165) is 3.57 Å². The van der Waals surface area contributed by atoms with Gasteiger partial charge in [0, 0.05) is 9.99 Å². The van der Waals surface area contributed by atoms with Crippen LogP contribution in [0.25, 0.3) is 0 Å². The van der Waals surface area contributed by atoms with E-state index >= 15 is 0 Å². The fourth-order valence-electron chi connectivity index (χ4n) is 1.22. The first-order valence-corrected chi connectivity index (χ1v) is 7.49. The number of hydrogen-bond acceptors (Lipinski definition) is 2. The molecule has 0 aliphatic heterocycles. The second-order valence-corrected chi connectivity index (χ2v) is 6.85. The van der Waals surface area contributed by atoms with Crippen molar-refractivity contribution in [2.75, 3.05) is 5.75 Å². The van der Waals surface area contributed by atoms with Crippen LogP contribution in [0, 0.1) is 3.57 Å². The molecule has 0 fully saturated rings. The van der Waals surface area contributed by atoms with Crippen molar-refractivity contribution in [1.82, 2.24) is 0 Å². The molecule has 2 nitrogen and oxygen atoms in total. The highest BCUT2D eigenvalue weighted by Crippen LogP contribution is 2.23. The monoisotopic (exact) mass is 522 g/mol. The van der Waals surface area contributed by atoms with Gasteiger partial charge in [-0.25, -0.2) is 8.42 Å². The second kappa shape index (κ2) is 22.7. The maximum absolute atomic E-state index is 11.9. The molecule has 1 aromatic rings. The summed E-state index contributed by atoms with van der Waals surface area (Å²) in [7, 11) is -3.60. The molecule has 0 aromatic heterocycles. The lowest BCUT2D eigenvalue weighted by Gasteiger charge is -2.07. The third kappa shape index (κ3) is 21.7. The highest BCUT2D eigenvalue weighted by Gasteiger charge is 2.27. The van der Waals surface area contributed by atoms with E-state index in [0.29, 0.717) is 0 Å². The van der Waals surface area contributed by atoms with Gasteiger partial charge in [0.2, 0.25) is 0 Å². The van der Waals surface area contributed by atoms with Gasteiger partial charge in [0.05, 0.1) is 10.6 Å². The van der Waals surface area contributed by atoms with Crippen LogP contribution >= 0.6 is 22.6 Å². The summed E-state index contributed by atoms with van der Waals surface area (Å²) in [4.78, 5) is 0.0695. The van der Waals surface area contributed by atoms with E-state index in [-0.39, 0.29) is 71.7 Å². The summed E-state index contributed by atoms with van der Waals surface area (Å²) in [6, 6.07) is 6.03. The van der Waals surface area contributed by atoms with Crippen molar-refractivity contribution in [3.8, 4) is 0 Å². The molecule has 0 saturated carbocycles. The lowest BCUT2D eigenvalue weighted by molar-refractivity contribution is -0.134. The van der Waals surface area contributed by atoms with Crippen LogP contribution in [0.2, 0.25) is 0 Å². The van der Waals surface area contributed by atoms with E-state index in [4.69, 9.17) is 0 Å². The Morgan fingerprint density at radius 1 is 0.769 bits per heavy atom. The summed E-state index contributed by atoms with van der Waals surface area (Å²) in [6.07, 6.45) is -5.78. The molecule has 0 bridgehead atoms. The largest absolute Gasteiger partial charge is 0.389 e. The zero-order chi connectivity index (χ0) is 13.1. The summed E-state index contributed by atoms with van der Waals surface area (Å²) in [6.45, 7) is 0. The number of sulfone groups is 1. The maximum atomic E-state index is 11.9. The first-order valence-electron chi connectivity index (χ1n) is 4.76. The van der Waals surface area contributed by atoms with Gasteiger partial charge in [-0.15, -0.1) is 0 Å². The van der Waals surface area contributed by atoms with Crippen LogP contribution in [0.4, 0.5) is 13.2 Å². The first-order chi connectivity index (χ1) is 7.71. The number of benzene rings is 1. The standard InChI is InChI=1S/C10H10F3IO2S.9CH4/c11-10(12,13)6-1-7-17(15,16)9-4-2-8(14)3-5-9;;;;;;;;;/h2-5H,1,6-7H2;9*1H4. The van der Waals surface area contributed by atoms with Crippen molar-refractivity contribution in [3.63, 3.8) is 0 Å². The molecule has 0 amide bonds. The fourth-order valence-corrected chi connectivity index (χ4v) is 2.89. The molecule has 26 heavy (non-hydrogen) atoms. The maximum Gasteiger partial charge on any atom is 0.389 e. The van der Waals surface area contributed by atoms with Gasteiger partial charge in [-0.3, -0.25) is 0 Å². The number of alkyl halides is 3. The van der Waals surface area contributed by atoms with Crippen molar-refractivity contribution >= 4 is 32.4 Å². The Morgan fingerprint density at radius 3 is 1.42 bits per heavy atom. The minimum Gasteiger partial charge on any atom is -0.224 e. The lowest BCUT2D eigenvalue weighted by atomic mass is 10.3. The summed E-state index contributed by atoms with van der Waals surface area (Å²) < 4.78 is 59.9. The van der Waals surface area contributed by atoms with Gasteiger partial charge in [-0.2, -0.15) is 13.2 Å². The molecule has 0 unspecified atom stereocenters. The van der Waals surface area contributed by atoms with Crippen molar-refractivity contribution in [1.29, 1.82) is 0 Å². The summed E-state index contributed by atoms with van der Waals surface area (Å²) >= 11 is 2.02. The van der Waals surface area contributed by atoms with E-state index in [1.807, 2.05) is 22.6 Å². The Labute approximate surface area is 178 Å². The van der Waals surface area contributed by atoms with Crippen LogP contribution in [0.3, 0.4) is 0 Å². The number of hydrogen-bond donors (Lipinski definition) is 0. The minimum absolute atomic E-state index is 0. The average Bonchev–Trinajstić information content (AvgIpc) is 2.15. The van der Waals surface area contributed by atoms with E-state index in [1.165, 1.54) is 12.1 Å². The van der Waals surface area contributed by atoms with Crippen molar-refractivity contribution in [2.24, 2.45) is 0 Å². The molecule has 0 heterocycles. The molecule has 1 aromatic carbocycles. The SMILES string of the molecule is C.C.C.C.C.C.C.C.C.O=S(=O)(CCCC(F)(F)F)c1ccc(I)cc1. The molecule has 168 valence electrons. The Morgan fingerprint density at radius 2 is 1.12 bits per heavy atom. The van der Waals surface area contributed by atoms with Gasteiger partial charge >= 0.3 is 6.18 Å². The van der Waals surface area contributed by atoms with Crippen LogP contribution < -0.4 is 0 Å². The zero-order valence-electron chi connectivity index (χ0n) is 8.67. The minimum atomic E-state index is -4.30. The van der Waals surface area contributed by atoms with Gasteiger partial charge in [0.25, 0.3) is 0 Å². The third-order valence-electron chi connectivity index (χ3n) is 2.05. The van der Waals surface area contributed by atoms with Crippen LogP contribution in [-0.2, 0) is 9.84 Å². The fraction of sp³-hybridized carbons (Fsp3) is 0.684. The van der Waals surface area contributed by atoms with Crippen LogP contribution in [0.15, 0.2) is 29.2 Å². The number of rotatable bonds is 4. The van der Waals surface area contributed by atoms with Gasteiger partial charge < -0.3 is 0 Å². The first kappa shape index (κ1) is 56.2. The Kier molecular flexibility index (Phi) is 49.2. The van der Waals surface area contributed by atoms with Crippen molar-refractivity contribution < 1.29 is 21.6 Å². The average molecular weight is 523 g/mol. The van der Waals surface area contributed by atoms with Crippen LogP contribution in [0.1, 0.15) is 79.7 Å². The predicted molar refractivity (Wildman–Crippen MR) is 127 cm³/mol. The molecule has 0 N–H and O–H groups in total. The summed E-state index contributed by atoms with van der Waals surface area (Å²) in [5, 5.41) is 0. The Balaban J connectivity index is -0.0000000459. The molecular weight excluding hydrogens is 476 g/mol. The quantitative estimate of drug-likeness (QED) is 0.370. The molecule has 0 aliphatic rings. The Bertz CT molecular complexity index is 471. The van der Waals surface area contributed by atoms with Gasteiger partial charge in [0.1, 0.15) is 0 Å². The highest BCUT2D eigenvalue weighted by molar-refractivity contribution is 14.1. The number of halogens is 4. The molecule has 0 aliphatic carbocycles. The normalized spacial score (nSPS) is 8.31. The van der Waals surface area contributed by atoms with Gasteiger partial charge in [-0.1, -0.05) is 66.8 Å². The second-order valence-electron chi connectivity index (χ2n) is 3.49. The zero-order valence-corrected chi connectivity index (χ0v) is 11.6. The van der Waals surface area contributed by atoms with Crippen molar-refractivity contribution in [2.45, 2.75) is 90.8 Å². The predicted octanol–water partition coefficient (Wildman–Crippen LogP) is 9.13. The van der Waals surface area contributed by atoms with E-state index in [2.05, 4.69) is 0 Å². The highest BCUT2D eigenvalue weighted by atomic mass is 127. The van der Waals surface area contributed by atoms with E-state index in [9.17, 15) is 21.6 Å². The molecule has 1 rings (SSSR count). The molecule has 7 heteroatoms. The van der Waals surface area contributed by atoms with E-state index < -0.39 is 34.6 Å². The Hall–Kier alpha value is -0.310. The summed E-state index contributed by atoms with van der Waals surface area (Å²) in [5.41, 5.74) is 0. The van der Waals surface area contributed by atoms with E-state index in [1.54, 1.807) is 12.1 Å². The topological polar surface area (TPSA) is 34.1 Å². The third-order valence-corrected chi connectivity index (χ3v) is 4.58. The van der Waals surface area contributed by atoms with Crippen molar-refractivity contribution in [3.05, 3.63) is 27.8 Å².